The molecule has 1 aromatic rings. The summed E-state index contributed by atoms with van der Waals surface area (Å²) in [5.41, 5.74) is 5.10. The van der Waals surface area contributed by atoms with E-state index in [-0.39, 0.29) is 5.91 Å². The van der Waals surface area contributed by atoms with Crippen LogP contribution >= 0.6 is 11.3 Å². The molecule has 0 radical (unpaired) electrons. The van der Waals surface area contributed by atoms with Crippen LogP contribution in [0.15, 0.2) is 17.5 Å². The smallest absolute Gasteiger partial charge is 0.244 e. The summed E-state index contributed by atoms with van der Waals surface area (Å²) >= 11 is 1.47. The van der Waals surface area contributed by atoms with Gasteiger partial charge in [-0.25, -0.2) is 0 Å². The summed E-state index contributed by atoms with van der Waals surface area (Å²) in [6, 6.07) is 3.08. The monoisotopic (exact) mass is 284 g/mol. The summed E-state index contributed by atoms with van der Waals surface area (Å²) in [4.78, 5) is 14.6. The number of hydrogen-bond donors (Lipinski definition) is 2. The zero-order chi connectivity index (χ0) is 13.9. The van der Waals surface area contributed by atoms with E-state index in [1.54, 1.807) is 7.05 Å². The molecule has 2 heterocycles. The summed E-state index contributed by atoms with van der Waals surface area (Å²) in [5, 5.41) is 12.3. The molecule has 19 heavy (non-hydrogen) atoms. The Morgan fingerprint density at radius 3 is 2.89 bits per heavy atom. The Bertz CT molecular complexity index is 416. The third kappa shape index (κ3) is 3.54. The van der Waals surface area contributed by atoms with Crippen molar-refractivity contribution in [2.24, 2.45) is 5.73 Å². The Hall–Kier alpha value is -0.950. The van der Waals surface area contributed by atoms with Gasteiger partial charge in [0.25, 0.3) is 0 Å². The molecule has 1 saturated heterocycles. The average molecular weight is 284 g/mol. The van der Waals surface area contributed by atoms with Crippen molar-refractivity contribution in [2.45, 2.75) is 24.5 Å². The molecule has 1 amide bonds. The second-order valence-electron chi connectivity index (χ2n) is 5.02. The predicted molar refractivity (Wildman–Crippen MR) is 73.9 cm³/mol. The van der Waals surface area contributed by atoms with Crippen molar-refractivity contribution in [3.05, 3.63) is 22.4 Å². The number of carbonyl (C=O) groups excluding carboxylic acids is 1. The van der Waals surface area contributed by atoms with Crippen LogP contribution in [0.2, 0.25) is 0 Å². The van der Waals surface area contributed by atoms with Gasteiger partial charge in [-0.15, -0.1) is 11.3 Å². The predicted octanol–water partition coefficient (Wildman–Crippen LogP) is 0.748. The van der Waals surface area contributed by atoms with Gasteiger partial charge in [-0.1, -0.05) is 6.07 Å². The normalized spacial score (nSPS) is 19.9. The van der Waals surface area contributed by atoms with Crippen LogP contribution in [0.5, 0.6) is 0 Å². The Morgan fingerprint density at radius 2 is 2.32 bits per heavy atom. The Morgan fingerprint density at radius 1 is 1.63 bits per heavy atom. The number of ether oxygens (including phenoxy) is 1. The van der Waals surface area contributed by atoms with Crippen LogP contribution in [0.1, 0.15) is 23.8 Å². The van der Waals surface area contributed by atoms with Crippen LogP contribution in [0.4, 0.5) is 0 Å². The third-order valence-corrected chi connectivity index (χ3v) is 4.40. The van der Waals surface area contributed by atoms with E-state index in [0.29, 0.717) is 32.6 Å². The van der Waals surface area contributed by atoms with Gasteiger partial charge < -0.3 is 20.5 Å². The van der Waals surface area contributed by atoms with Crippen molar-refractivity contribution >= 4 is 17.2 Å². The van der Waals surface area contributed by atoms with Crippen molar-refractivity contribution in [1.29, 1.82) is 0 Å². The fraction of sp³-hybridized carbons (Fsp3) is 0.615. The zero-order valence-electron chi connectivity index (χ0n) is 11.0. The van der Waals surface area contributed by atoms with Crippen molar-refractivity contribution in [1.82, 2.24) is 4.90 Å². The van der Waals surface area contributed by atoms with Crippen molar-refractivity contribution < 1.29 is 14.6 Å². The summed E-state index contributed by atoms with van der Waals surface area (Å²) in [6.07, 6.45) is 1.11. The summed E-state index contributed by atoms with van der Waals surface area (Å²) < 4.78 is 5.23. The molecule has 1 unspecified atom stereocenters. The highest BCUT2D eigenvalue weighted by Gasteiger charge is 2.33. The molecular formula is C13H20N2O3S. The van der Waals surface area contributed by atoms with Crippen molar-refractivity contribution in [3.63, 3.8) is 0 Å². The molecule has 1 fully saturated rings. The van der Waals surface area contributed by atoms with Crippen LogP contribution in [-0.2, 0) is 9.53 Å². The highest BCUT2D eigenvalue weighted by molar-refractivity contribution is 7.10. The first-order valence-corrected chi connectivity index (χ1v) is 7.24. The maximum atomic E-state index is 12.2. The van der Waals surface area contributed by atoms with Gasteiger partial charge in [0.2, 0.25) is 5.91 Å². The molecular weight excluding hydrogens is 264 g/mol. The third-order valence-electron chi connectivity index (χ3n) is 3.45. The highest BCUT2D eigenvalue weighted by atomic mass is 32.1. The summed E-state index contributed by atoms with van der Waals surface area (Å²) in [6.45, 7) is 1.37. The second kappa shape index (κ2) is 6.00. The van der Waals surface area contributed by atoms with Crippen molar-refractivity contribution in [3.8, 4) is 0 Å². The standard InChI is InChI=1S/C13H20N2O3S/c1-15(9-13(17)4-6-18-7-5-13)12(16)11(14)10-3-2-8-19-10/h2-3,8,11,17H,4-7,9,14H2,1H3. The molecule has 0 aromatic carbocycles. The first kappa shape index (κ1) is 14.5. The summed E-state index contributed by atoms with van der Waals surface area (Å²) in [5.74, 6) is -0.164. The number of aliphatic hydroxyl groups is 1. The fourth-order valence-corrected chi connectivity index (χ4v) is 2.98. The quantitative estimate of drug-likeness (QED) is 0.855. The molecule has 3 N–H and O–H groups in total. The van der Waals surface area contributed by atoms with Gasteiger partial charge in [0.1, 0.15) is 6.04 Å². The van der Waals surface area contributed by atoms with E-state index in [2.05, 4.69) is 0 Å². The van der Waals surface area contributed by atoms with E-state index in [4.69, 9.17) is 10.5 Å². The first-order chi connectivity index (χ1) is 9.02. The largest absolute Gasteiger partial charge is 0.388 e. The zero-order valence-corrected chi connectivity index (χ0v) is 11.9. The van der Waals surface area contributed by atoms with Crippen LogP contribution in [-0.4, -0.2) is 48.3 Å². The minimum Gasteiger partial charge on any atom is -0.388 e. The fourth-order valence-electron chi connectivity index (χ4n) is 2.26. The van der Waals surface area contributed by atoms with Crippen LogP contribution in [0.3, 0.4) is 0 Å². The molecule has 2 rings (SSSR count). The number of nitrogens with two attached hydrogens (primary N) is 1. The van der Waals surface area contributed by atoms with Gasteiger partial charge in [-0.3, -0.25) is 4.79 Å². The van der Waals surface area contributed by atoms with Crippen molar-refractivity contribution in [2.75, 3.05) is 26.8 Å². The lowest BCUT2D eigenvalue weighted by Crippen LogP contribution is -2.49. The molecule has 1 aromatic heterocycles. The van der Waals surface area contributed by atoms with E-state index in [9.17, 15) is 9.90 Å². The van der Waals surface area contributed by atoms with E-state index >= 15 is 0 Å². The van der Waals surface area contributed by atoms with Gasteiger partial charge in [0.05, 0.1) is 5.60 Å². The number of thiophene rings is 1. The average Bonchev–Trinajstić information content (AvgIpc) is 2.91. The van der Waals surface area contributed by atoms with Gasteiger partial charge in [-0.05, 0) is 11.4 Å². The minimum atomic E-state index is -0.849. The van der Waals surface area contributed by atoms with Gasteiger partial charge in [0, 0.05) is 44.5 Å². The molecule has 5 nitrogen and oxygen atoms in total. The molecule has 1 aliphatic heterocycles. The molecule has 0 bridgehead atoms. The molecule has 0 aliphatic carbocycles. The number of rotatable bonds is 4. The van der Waals surface area contributed by atoms with Gasteiger partial charge in [-0.2, -0.15) is 0 Å². The molecule has 1 atom stereocenters. The lowest BCUT2D eigenvalue weighted by molar-refractivity contribution is -0.138. The highest BCUT2D eigenvalue weighted by Crippen LogP contribution is 2.23. The number of hydrogen-bond acceptors (Lipinski definition) is 5. The van der Waals surface area contributed by atoms with Crippen LogP contribution < -0.4 is 5.73 Å². The Balaban J connectivity index is 1.95. The number of amides is 1. The maximum Gasteiger partial charge on any atom is 0.244 e. The number of likely N-dealkylation sites (N-methyl/N-ethyl adjacent to an activating group) is 1. The van der Waals surface area contributed by atoms with E-state index in [0.717, 1.165) is 4.88 Å². The lowest BCUT2D eigenvalue weighted by atomic mass is 9.93. The first-order valence-electron chi connectivity index (χ1n) is 6.36. The minimum absolute atomic E-state index is 0.164. The Labute approximate surface area is 117 Å². The lowest BCUT2D eigenvalue weighted by Gasteiger charge is -2.36. The van der Waals surface area contributed by atoms with E-state index < -0.39 is 11.6 Å². The van der Waals surface area contributed by atoms with Crippen LogP contribution in [0, 0.1) is 0 Å². The molecule has 0 saturated carbocycles. The van der Waals surface area contributed by atoms with Crippen LogP contribution in [0.25, 0.3) is 0 Å². The molecule has 0 spiro atoms. The second-order valence-corrected chi connectivity index (χ2v) is 6.00. The van der Waals surface area contributed by atoms with Gasteiger partial charge in [0.15, 0.2) is 0 Å². The van der Waals surface area contributed by atoms with Gasteiger partial charge >= 0.3 is 0 Å². The van der Waals surface area contributed by atoms with E-state index in [1.807, 2.05) is 17.5 Å². The molecule has 1 aliphatic rings. The maximum absolute atomic E-state index is 12.2. The summed E-state index contributed by atoms with van der Waals surface area (Å²) in [7, 11) is 1.68. The molecule has 106 valence electrons. The SMILES string of the molecule is CN(CC1(O)CCOCC1)C(=O)C(N)c1cccs1. The number of nitrogens with zero attached hydrogens (tertiary/aromatic N) is 1. The topological polar surface area (TPSA) is 75.8 Å². The number of carbonyl (C=O) groups is 1. The van der Waals surface area contributed by atoms with E-state index in [1.165, 1.54) is 16.2 Å². The molecule has 6 heteroatoms. The Kier molecular flexibility index (Phi) is 4.57.